The van der Waals surface area contributed by atoms with Gasteiger partial charge in [0, 0.05) is 6.26 Å². The number of hydrogen-bond donors (Lipinski definition) is 0. The maximum atomic E-state index is 12.8. The Morgan fingerprint density at radius 2 is 1.79 bits per heavy atom. The van der Waals surface area contributed by atoms with E-state index in [9.17, 15) is 13.8 Å². The van der Waals surface area contributed by atoms with Crippen molar-refractivity contribution in [3.05, 3.63) is 16.0 Å². The van der Waals surface area contributed by atoms with Crippen LogP contribution in [-0.2, 0) is 21.1 Å². The van der Waals surface area contributed by atoms with E-state index in [0.29, 0.717) is 17.8 Å². The summed E-state index contributed by atoms with van der Waals surface area (Å²) in [5.41, 5.74) is -1.24. The lowest BCUT2D eigenvalue weighted by Gasteiger charge is -2.56. The van der Waals surface area contributed by atoms with E-state index in [1.165, 1.54) is 25.5 Å². The molecule has 0 N–H and O–H groups in total. The second kappa shape index (κ2) is 6.20. The van der Waals surface area contributed by atoms with Crippen LogP contribution in [0.5, 0.6) is 0 Å². The largest absolute Gasteiger partial charge is 0.461 e. The third kappa shape index (κ3) is 2.57. The summed E-state index contributed by atoms with van der Waals surface area (Å²) in [4.78, 5) is 29.6. The highest BCUT2D eigenvalue weighted by atomic mass is 32.2. The molecule has 4 fully saturated rings. The fourth-order valence-corrected chi connectivity index (χ4v) is 6.35. The van der Waals surface area contributed by atoms with Crippen molar-refractivity contribution in [2.24, 2.45) is 17.8 Å². The maximum absolute atomic E-state index is 12.8. The molecule has 9 nitrogen and oxygen atoms in total. The molecule has 2 aromatic rings. The quantitative estimate of drug-likeness (QED) is 0.702. The van der Waals surface area contributed by atoms with Crippen LogP contribution < -0.4 is 5.56 Å². The van der Waals surface area contributed by atoms with Crippen molar-refractivity contribution in [2.45, 2.75) is 56.1 Å². The lowest BCUT2D eigenvalue weighted by atomic mass is 9.53. The molecule has 0 aromatic carbocycles. The molecule has 28 heavy (non-hydrogen) atoms. The van der Waals surface area contributed by atoms with Crippen molar-refractivity contribution in [2.75, 3.05) is 12.9 Å². The van der Waals surface area contributed by atoms with Gasteiger partial charge in [0.25, 0.3) is 5.78 Å². The first-order valence-electron chi connectivity index (χ1n) is 9.81. The van der Waals surface area contributed by atoms with Crippen molar-refractivity contribution in [3.8, 4) is 0 Å². The predicted octanol–water partition coefficient (Wildman–Crippen LogP) is 1.13. The van der Waals surface area contributed by atoms with E-state index in [0.717, 1.165) is 23.8 Å². The van der Waals surface area contributed by atoms with Gasteiger partial charge in [-0.1, -0.05) is 0 Å². The van der Waals surface area contributed by atoms with Gasteiger partial charge in [-0.15, -0.1) is 5.10 Å². The summed E-state index contributed by atoms with van der Waals surface area (Å²) >= 11 is 0. The molecule has 4 aliphatic carbocycles. The van der Waals surface area contributed by atoms with E-state index in [-0.39, 0.29) is 28.8 Å². The van der Waals surface area contributed by atoms with E-state index < -0.39 is 22.3 Å². The molecule has 2 heterocycles. The zero-order valence-corrected chi connectivity index (χ0v) is 16.8. The summed E-state index contributed by atoms with van der Waals surface area (Å²) in [6, 6.07) is 0. The van der Waals surface area contributed by atoms with E-state index in [1.807, 2.05) is 0 Å². The molecule has 6 rings (SSSR count). The topological polar surface area (TPSA) is 108 Å². The van der Waals surface area contributed by atoms with E-state index in [1.54, 1.807) is 11.6 Å². The van der Waals surface area contributed by atoms with Gasteiger partial charge in [-0.3, -0.25) is 9.00 Å². The van der Waals surface area contributed by atoms with Crippen LogP contribution in [0.15, 0.2) is 9.95 Å². The van der Waals surface area contributed by atoms with Crippen LogP contribution in [0.4, 0.5) is 0 Å². The Kier molecular flexibility index (Phi) is 3.98. The Balaban J connectivity index is 1.75. The van der Waals surface area contributed by atoms with Gasteiger partial charge < -0.3 is 4.74 Å². The number of carbonyl (C=O) groups is 1. The highest BCUT2D eigenvalue weighted by molar-refractivity contribution is 7.84. The minimum Gasteiger partial charge on any atom is -0.461 e. The number of nitrogens with zero attached hydrogens (tertiary/aromatic N) is 5. The van der Waals surface area contributed by atoms with Crippen LogP contribution in [0.1, 0.15) is 55.9 Å². The summed E-state index contributed by atoms with van der Waals surface area (Å²) < 4.78 is 19.8. The van der Waals surface area contributed by atoms with E-state index in [2.05, 4.69) is 15.2 Å². The second-order valence-corrected chi connectivity index (χ2v) is 9.76. The van der Waals surface area contributed by atoms with Gasteiger partial charge in [-0.2, -0.15) is 14.6 Å². The molecule has 4 saturated carbocycles. The van der Waals surface area contributed by atoms with Crippen LogP contribution in [0.25, 0.3) is 5.78 Å². The van der Waals surface area contributed by atoms with Gasteiger partial charge in [0.05, 0.1) is 22.9 Å². The first-order valence-corrected chi connectivity index (χ1v) is 11.4. The first kappa shape index (κ1) is 18.0. The molecule has 0 amide bonds. The highest BCUT2D eigenvalue weighted by Crippen LogP contribution is 2.58. The van der Waals surface area contributed by atoms with Gasteiger partial charge >= 0.3 is 11.5 Å². The van der Waals surface area contributed by atoms with Crippen molar-refractivity contribution in [3.63, 3.8) is 0 Å². The van der Waals surface area contributed by atoms with Crippen molar-refractivity contribution >= 4 is 22.5 Å². The highest BCUT2D eigenvalue weighted by Gasteiger charge is 2.53. The van der Waals surface area contributed by atoms with E-state index in [4.69, 9.17) is 4.74 Å². The number of hydrogen-bond acceptors (Lipinski definition) is 7. The number of fused-ring (bicyclic) bond motifs is 1. The fraction of sp³-hybridized carbons (Fsp3) is 0.722. The predicted molar refractivity (Wildman–Crippen MR) is 99.5 cm³/mol. The summed E-state index contributed by atoms with van der Waals surface area (Å²) in [6.45, 7) is 1.83. The van der Waals surface area contributed by atoms with Crippen LogP contribution in [0.2, 0.25) is 0 Å². The average molecular weight is 405 g/mol. The Morgan fingerprint density at radius 3 is 2.32 bits per heavy atom. The summed E-state index contributed by atoms with van der Waals surface area (Å²) in [7, 11) is -1.45. The lowest BCUT2D eigenvalue weighted by Crippen LogP contribution is -2.53. The van der Waals surface area contributed by atoms with E-state index >= 15 is 0 Å². The minimum atomic E-state index is -1.45. The van der Waals surface area contributed by atoms with Gasteiger partial charge in [0.1, 0.15) is 0 Å². The number of ether oxygens (including phenoxy) is 1. The second-order valence-electron chi connectivity index (χ2n) is 8.49. The van der Waals surface area contributed by atoms with Crippen LogP contribution in [0, 0.1) is 17.8 Å². The Morgan fingerprint density at radius 1 is 1.18 bits per heavy atom. The normalized spacial score (nSPS) is 32.0. The van der Waals surface area contributed by atoms with Crippen molar-refractivity contribution < 1.29 is 13.7 Å². The number of carbonyl (C=O) groups excluding carboxylic acids is 1. The van der Waals surface area contributed by atoms with Crippen molar-refractivity contribution in [1.82, 2.24) is 24.4 Å². The molecular weight excluding hydrogens is 382 g/mol. The first-order chi connectivity index (χ1) is 13.4. The SMILES string of the molecule is CCOC(=O)c1nn(C23CC4CC(CC(C4)C2)C3)c2nc(S(C)=O)nn2c1=O. The smallest absolute Gasteiger partial charge is 0.364 e. The lowest BCUT2D eigenvalue weighted by molar-refractivity contribution is -0.0488. The third-order valence-corrected chi connectivity index (χ3v) is 7.22. The molecule has 1 atom stereocenters. The maximum Gasteiger partial charge on any atom is 0.364 e. The Labute approximate surface area is 163 Å². The van der Waals surface area contributed by atoms with Crippen LogP contribution in [-0.4, -0.2) is 47.4 Å². The minimum absolute atomic E-state index is 0.0680. The summed E-state index contributed by atoms with van der Waals surface area (Å²) in [5.74, 6) is 1.43. The Hall–Kier alpha value is -2.10. The van der Waals surface area contributed by atoms with Crippen LogP contribution in [0.3, 0.4) is 0 Å². The molecule has 2 aromatic heterocycles. The summed E-state index contributed by atoms with van der Waals surface area (Å²) in [5, 5.41) is 8.68. The van der Waals surface area contributed by atoms with Gasteiger partial charge in [-0.05, 0) is 63.2 Å². The standard InChI is InChI=1S/C18H23N5O4S/c1-3-27-15(25)13-14(24)22-17(19-16(21-22)28(2)26)23(20-13)18-7-10-4-11(8-18)6-12(5-10)9-18/h10-12H,3-9H2,1-2H3. The molecule has 4 bridgehead atoms. The molecule has 10 heteroatoms. The molecule has 0 saturated heterocycles. The molecule has 150 valence electrons. The average Bonchev–Trinajstić information content (AvgIpc) is 3.07. The molecule has 0 spiro atoms. The molecule has 1 unspecified atom stereocenters. The van der Waals surface area contributed by atoms with Gasteiger partial charge in [0.15, 0.2) is 0 Å². The fourth-order valence-electron chi connectivity index (χ4n) is 5.94. The molecule has 4 aliphatic rings. The molecule has 0 radical (unpaired) electrons. The Bertz CT molecular complexity index is 1020. The number of aromatic nitrogens is 5. The van der Waals surface area contributed by atoms with Gasteiger partial charge in [0.2, 0.25) is 10.9 Å². The monoisotopic (exact) mass is 405 g/mol. The molecular formula is C18H23N5O4S. The third-order valence-electron chi connectivity index (χ3n) is 6.54. The van der Waals surface area contributed by atoms with Gasteiger partial charge in [-0.25, -0.2) is 9.48 Å². The summed E-state index contributed by atoms with van der Waals surface area (Å²) in [6.07, 6.45) is 8.10. The number of esters is 1. The zero-order chi connectivity index (χ0) is 19.6. The van der Waals surface area contributed by atoms with Crippen LogP contribution >= 0.6 is 0 Å². The molecule has 0 aliphatic heterocycles. The zero-order valence-electron chi connectivity index (χ0n) is 16.0. The number of rotatable bonds is 4. The van der Waals surface area contributed by atoms with Crippen molar-refractivity contribution in [1.29, 1.82) is 0 Å².